The number of aromatic nitrogens is 2. The van der Waals surface area contributed by atoms with E-state index in [9.17, 15) is 0 Å². The van der Waals surface area contributed by atoms with Crippen molar-refractivity contribution in [2.45, 2.75) is 32.7 Å². The topological polar surface area (TPSA) is 57.5 Å². The third-order valence-electron chi connectivity index (χ3n) is 4.13. The molecule has 0 spiro atoms. The minimum absolute atomic E-state index is 0. The molecular weight excluding hydrogens is 403 g/mol. The van der Waals surface area contributed by atoms with E-state index < -0.39 is 0 Å². The normalized spacial score (nSPS) is 13.1. The highest BCUT2D eigenvalue weighted by Gasteiger charge is 2.16. The van der Waals surface area contributed by atoms with Crippen LogP contribution in [-0.4, -0.2) is 54.9 Å². The van der Waals surface area contributed by atoms with Crippen LogP contribution in [0.4, 0.5) is 0 Å². The first-order valence-corrected chi connectivity index (χ1v) is 8.11. The molecule has 0 fully saturated rings. The lowest BCUT2D eigenvalue weighted by atomic mass is 10.0. The van der Waals surface area contributed by atoms with Gasteiger partial charge in [-0.05, 0) is 20.0 Å². The number of aryl methyl sites for hydroxylation is 1. The molecule has 0 aliphatic rings. The molecule has 6 nitrogen and oxygen atoms in total. The first-order chi connectivity index (χ1) is 10.5. The highest BCUT2D eigenvalue weighted by atomic mass is 127. The van der Waals surface area contributed by atoms with Crippen molar-refractivity contribution in [1.82, 2.24) is 25.3 Å². The Bertz CT molecular complexity index is 453. The summed E-state index contributed by atoms with van der Waals surface area (Å²) in [6, 6.07) is 0.264. The number of nitrogens with one attached hydrogen (secondary N) is 2. The maximum Gasteiger partial charge on any atom is 0.191 e. The lowest BCUT2D eigenvalue weighted by Gasteiger charge is -2.25. The Labute approximate surface area is 158 Å². The number of halogens is 1. The quantitative estimate of drug-likeness (QED) is 0.373. The second kappa shape index (κ2) is 11.7. The second-order valence-corrected chi connectivity index (χ2v) is 5.94. The predicted octanol–water partition coefficient (Wildman–Crippen LogP) is 2.24. The van der Waals surface area contributed by atoms with Gasteiger partial charge in [-0.25, -0.2) is 0 Å². The predicted molar refractivity (Wildman–Crippen MR) is 108 cm³/mol. The Balaban J connectivity index is 0.00000484. The number of guanidine groups is 1. The number of hydrogen-bond donors (Lipinski definition) is 2. The van der Waals surface area contributed by atoms with Crippen LogP contribution in [0.25, 0.3) is 0 Å². The molecule has 1 atom stereocenters. The summed E-state index contributed by atoms with van der Waals surface area (Å²) < 4.78 is 1.84. The average molecular weight is 436 g/mol. The van der Waals surface area contributed by atoms with E-state index in [2.05, 4.69) is 59.8 Å². The van der Waals surface area contributed by atoms with Crippen LogP contribution in [0.15, 0.2) is 17.4 Å². The third kappa shape index (κ3) is 7.52. The Kier molecular flexibility index (Phi) is 11.2. The van der Waals surface area contributed by atoms with Crippen LogP contribution < -0.4 is 10.6 Å². The Hall–Kier alpha value is -0.830. The van der Waals surface area contributed by atoms with Gasteiger partial charge in [-0.1, -0.05) is 26.7 Å². The maximum absolute atomic E-state index is 4.31. The van der Waals surface area contributed by atoms with E-state index in [1.54, 1.807) is 0 Å². The average Bonchev–Trinajstić information content (AvgIpc) is 2.92. The van der Waals surface area contributed by atoms with Crippen molar-refractivity contribution in [2.24, 2.45) is 18.0 Å². The van der Waals surface area contributed by atoms with Gasteiger partial charge in [0.2, 0.25) is 0 Å². The standard InChI is InChI=1S/C16H32N6.HI/c1-7-13(8-2)9-18-16(17-3)19-11-15(21(4)5)14-10-20-22(6)12-14;/h10,12-13,15H,7-9,11H2,1-6H3,(H2,17,18,19);1H. The summed E-state index contributed by atoms with van der Waals surface area (Å²) >= 11 is 0. The summed E-state index contributed by atoms with van der Waals surface area (Å²) in [5.74, 6) is 1.56. The van der Waals surface area contributed by atoms with Gasteiger partial charge < -0.3 is 15.5 Å². The van der Waals surface area contributed by atoms with E-state index in [0.717, 1.165) is 19.0 Å². The lowest BCUT2D eigenvalue weighted by molar-refractivity contribution is 0.298. The second-order valence-electron chi connectivity index (χ2n) is 5.94. The Morgan fingerprint density at radius 1 is 1.26 bits per heavy atom. The molecular formula is C16H33IN6. The highest BCUT2D eigenvalue weighted by molar-refractivity contribution is 14.0. The minimum atomic E-state index is 0. The third-order valence-corrected chi connectivity index (χ3v) is 4.13. The molecule has 0 saturated heterocycles. The summed E-state index contributed by atoms with van der Waals surface area (Å²) in [4.78, 5) is 6.51. The van der Waals surface area contributed by atoms with Gasteiger partial charge >= 0.3 is 0 Å². The van der Waals surface area contributed by atoms with E-state index in [0.29, 0.717) is 5.92 Å². The summed E-state index contributed by atoms with van der Waals surface area (Å²) in [5.41, 5.74) is 1.20. The van der Waals surface area contributed by atoms with Gasteiger partial charge in [-0.3, -0.25) is 9.67 Å². The molecule has 1 aromatic rings. The molecule has 1 rings (SSSR count). The molecule has 134 valence electrons. The summed E-state index contributed by atoms with van der Waals surface area (Å²) in [5, 5.41) is 11.1. The molecule has 1 aromatic heterocycles. The summed E-state index contributed by atoms with van der Waals surface area (Å²) in [7, 11) is 7.93. The fraction of sp³-hybridized carbons (Fsp3) is 0.750. The van der Waals surface area contributed by atoms with Crippen molar-refractivity contribution >= 4 is 29.9 Å². The van der Waals surface area contributed by atoms with Crippen LogP contribution in [-0.2, 0) is 7.05 Å². The van der Waals surface area contributed by atoms with Crippen molar-refractivity contribution in [3.05, 3.63) is 18.0 Å². The minimum Gasteiger partial charge on any atom is -0.356 e. The van der Waals surface area contributed by atoms with Crippen LogP contribution in [0.3, 0.4) is 0 Å². The lowest BCUT2D eigenvalue weighted by Crippen LogP contribution is -2.43. The van der Waals surface area contributed by atoms with E-state index in [4.69, 9.17) is 0 Å². The zero-order valence-corrected chi connectivity index (χ0v) is 17.7. The van der Waals surface area contributed by atoms with Gasteiger partial charge in [-0.15, -0.1) is 24.0 Å². The van der Waals surface area contributed by atoms with Gasteiger partial charge in [0.1, 0.15) is 0 Å². The molecule has 0 aliphatic heterocycles. The zero-order valence-electron chi connectivity index (χ0n) is 15.3. The van der Waals surface area contributed by atoms with Crippen molar-refractivity contribution in [1.29, 1.82) is 0 Å². The van der Waals surface area contributed by atoms with Crippen LogP contribution in [0, 0.1) is 5.92 Å². The molecule has 0 aromatic carbocycles. The molecule has 0 aliphatic carbocycles. The number of hydrogen-bond acceptors (Lipinski definition) is 3. The molecule has 1 heterocycles. The van der Waals surface area contributed by atoms with Crippen LogP contribution in [0.1, 0.15) is 38.3 Å². The van der Waals surface area contributed by atoms with E-state index in [1.165, 1.54) is 18.4 Å². The number of nitrogens with zero attached hydrogens (tertiary/aromatic N) is 4. The molecule has 0 bridgehead atoms. The number of aliphatic imine (C=N–C) groups is 1. The van der Waals surface area contributed by atoms with E-state index >= 15 is 0 Å². The SMILES string of the molecule is CCC(CC)CNC(=NC)NCC(c1cnn(C)c1)N(C)C.I. The summed E-state index contributed by atoms with van der Waals surface area (Å²) in [6.45, 7) is 6.22. The van der Waals surface area contributed by atoms with Gasteiger partial charge in [0.25, 0.3) is 0 Å². The van der Waals surface area contributed by atoms with Crippen LogP contribution in [0.5, 0.6) is 0 Å². The molecule has 0 amide bonds. The number of likely N-dealkylation sites (N-methyl/N-ethyl adjacent to an activating group) is 1. The summed E-state index contributed by atoms with van der Waals surface area (Å²) in [6.07, 6.45) is 6.37. The van der Waals surface area contributed by atoms with Crippen LogP contribution in [0.2, 0.25) is 0 Å². The van der Waals surface area contributed by atoms with Gasteiger partial charge in [0.15, 0.2) is 5.96 Å². The highest BCUT2D eigenvalue weighted by Crippen LogP contribution is 2.16. The van der Waals surface area contributed by atoms with Crippen molar-refractivity contribution in [3.63, 3.8) is 0 Å². The van der Waals surface area contributed by atoms with Gasteiger partial charge in [0.05, 0.1) is 12.2 Å². The zero-order chi connectivity index (χ0) is 16.5. The van der Waals surface area contributed by atoms with Gasteiger partial charge in [-0.2, -0.15) is 5.10 Å². The van der Waals surface area contributed by atoms with E-state index in [1.807, 2.05) is 25.0 Å². The molecule has 1 unspecified atom stereocenters. The Morgan fingerprint density at radius 3 is 2.30 bits per heavy atom. The first kappa shape index (κ1) is 22.2. The van der Waals surface area contributed by atoms with Gasteiger partial charge in [0, 0.05) is 38.9 Å². The van der Waals surface area contributed by atoms with Crippen molar-refractivity contribution in [2.75, 3.05) is 34.2 Å². The first-order valence-electron chi connectivity index (χ1n) is 8.11. The molecule has 7 heteroatoms. The largest absolute Gasteiger partial charge is 0.356 e. The fourth-order valence-corrected chi connectivity index (χ4v) is 2.44. The number of rotatable bonds is 8. The molecule has 2 N–H and O–H groups in total. The van der Waals surface area contributed by atoms with Crippen molar-refractivity contribution < 1.29 is 0 Å². The fourth-order valence-electron chi connectivity index (χ4n) is 2.44. The molecule has 23 heavy (non-hydrogen) atoms. The Morgan fingerprint density at radius 2 is 1.87 bits per heavy atom. The van der Waals surface area contributed by atoms with E-state index in [-0.39, 0.29) is 30.0 Å². The van der Waals surface area contributed by atoms with Crippen LogP contribution >= 0.6 is 24.0 Å². The van der Waals surface area contributed by atoms with Crippen molar-refractivity contribution in [3.8, 4) is 0 Å². The molecule has 0 radical (unpaired) electrons. The monoisotopic (exact) mass is 436 g/mol. The molecule has 0 saturated carbocycles. The maximum atomic E-state index is 4.31. The smallest absolute Gasteiger partial charge is 0.191 e.